The Bertz CT molecular complexity index is 1310. The maximum absolute atomic E-state index is 13.1. The Kier molecular flexibility index (Phi) is 9.04. The molecule has 8 nitrogen and oxygen atoms in total. The maximum atomic E-state index is 13.1. The van der Waals surface area contributed by atoms with Gasteiger partial charge in [0.15, 0.2) is 11.0 Å². The Labute approximate surface area is 224 Å². The van der Waals surface area contributed by atoms with Gasteiger partial charge in [0.25, 0.3) is 0 Å². The minimum absolute atomic E-state index is 0.111. The Morgan fingerprint density at radius 1 is 1.08 bits per heavy atom. The van der Waals surface area contributed by atoms with E-state index in [4.69, 9.17) is 0 Å². The van der Waals surface area contributed by atoms with E-state index in [0.717, 1.165) is 31.5 Å². The van der Waals surface area contributed by atoms with Gasteiger partial charge in [-0.25, -0.2) is 8.42 Å². The van der Waals surface area contributed by atoms with Crippen LogP contribution in [0.4, 0.5) is 0 Å². The number of hydrogen-bond acceptors (Lipinski definition) is 6. The fourth-order valence-corrected chi connectivity index (χ4v) is 7.00. The van der Waals surface area contributed by atoms with E-state index >= 15 is 0 Å². The molecule has 0 bridgehead atoms. The number of amides is 1. The van der Waals surface area contributed by atoms with Crippen molar-refractivity contribution in [1.82, 2.24) is 24.0 Å². The van der Waals surface area contributed by atoms with E-state index in [2.05, 4.69) is 17.1 Å². The smallest absolute Gasteiger partial charge is 0.243 e. The Balaban J connectivity index is 1.64. The molecule has 0 N–H and O–H groups in total. The number of carbonyl (C=O) groups excluding carboxylic acids is 1. The first-order chi connectivity index (χ1) is 17.8. The predicted octanol–water partition coefficient (Wildman–Crippen LogP) is 4.37. The maximum Gasteiger partial charge on any atom is 0.243 e. The lowest BCUT2D eigenvalue weighted by atomic mass is 10.0. The lowest BCUT2D eigenvalue weighted by molar-refractivity contribution is -0.130. The molecule has 1 aliphatic rings. The van der Waals surface area contributed by atoms with E-state index in [-0.39, 0.29) is 16.6 Å². The number of rotatable bonds is 10. The van der Waals surface area contributed by atoms with Crippen molar-refractivity contribution >= 4 is 27.7 Å². The number of aromatic nitrogens is 3. The molecule has 198 valence electrons. The molecule has 1 aromatic heterocycles. The zero-order valence-corrected chi connectivity index (χ0v) is 23.3. The summed E-state index contributed by atoms with van der Waals surface area (Å²) < 4.78 is 29.7. The van der Waals surface area contributed by atoms with Crippen LogP contribution in [0.25, 0.3) is 11.4 Å². The van der Waals surface area contributed by atoms with Gasteiger partial charge in [-0.3, -0.25) is 9.36 Å². The number of hydrogen-bond donors (Lipinski definition) is 0. The highest BCUT2D eigenvalue weighted by molar-refractivity contribution is 7.99. The first-order valence-corrected chi connectivity index (χ1v) is 15.2. The highest BCUT2D eigenvalue weighted by atomic mass is 32.2. The first kappa shape index (κ1) is 27.3. The quantitative estimate of drug-likeness (QED) is 0.354. The topological polar surface area (TPSA) is 88.4 Å². The summed E-state index contributed by atoms with van der Waals surface area (Å²) in [6.07, 6.45) is 2.20. The molecular formula is C27H35N5O3S2. The van der Waals surface area contributed by atoms with Gasteiger partial charge in [-0.05, 0) is 36.5 Å². The average Bonchev–Trinajstić information content (AvgIpc) is 3.30. The molecular weight excluding hydrogens is 506 g/mol. The van der Waals surface area contributed by atoms with Gasteiger partial charge < -0.3 is 4.90 Å². The second kappa shape index (κ2) is 12.2. The third kappa shape index (κ3) is 6.42. The Morgan fingerprint density at radius 2 is 1.84 bits per heavy atom. The van der Waals surface area contributed by atoms with Crippen LogP contribution in [0, 0.1) is 5.92 Å². The SMILES string of the molecule is CCN(CC)S(=O)(=O)c1cccc(-c2nnc(SCC(=O)N3CCC[C@@H](C)C3)n2Cc2ccccc2)c1. The molecule has 10 heteroatoms. The third-order valence-electron chi connectivity index (χ3n) is 6.67. The normalized spacial score (nSPS) is 16.3. The van der Waals surface area contributed by atoms with Gasteiger partial charge in [-0.2, -0.15) is 4.31 Å². The van der Waals surface area contributed by atoms with Crippen LogP contribution in [0.3, 0.4) is 0 Å². The number of benzene rings is 2. The summed E-state index contributed by atoms with van der Waals surface area (Å²) in [5, 5.41) is 9.51. The van der Waals surface area contributed by atoms with E-state index in [1.54, 1.807) is 18.2 Å². The fourth-order valence-electron chi connectivity index (χ4n) is 4.66. The zero-order chi connectivity index (χ0) is 26.4. The van der Waals surface area contributed by atoms with Crippen molar-refractivity contribution in [3.63, 3.8) is 0 Å². The monoisotopic (exact) mass is 541 g/mol. The van der Waals surface area contributed by atoms with Crippen molar-refractivity contribution in [2.24, 2.45) is 5.92 Å². The van der Waals surface area contributed by atoms with Crippen molar-refractivity contribution < 1.29 is 13.2 Å². The van der Waals surface area contributed by atoms with Gasteiger partial charge in [-0.1, -0.05) is 75.0 Å². The molecule has 0 radical (unpaired) electrons. The van der Waals surface area contributed by atoms with E-state index in [1.807, 2.05) is 59.7 Å². The average molecular weight is 542 g/mol. The molecule has 1 atom stereocenters. The molecule has 1 aliphatic heterocycles. The second-order valence-electron chi connectivity index (χ2n) is 9.37. The third-order valence-corrected chi connectivity index (χ3v) is 9.67. The van der Waals surface area contributed by atoms with Gasteiger partial charge in [0.2, 0.25) is 15.9 Å². The second-order valence-corrected chi connectivity index (χ2v) is 12.3. The largest absolute Gasteiger partial charge is 0.342 e. The summed E-state index contributed by atoms with van der Waals surface area (Å²) in [7, 11) is -3.61. The van der Waals surface area contributed by atoms with Crippen LogP contribution in [-0.2, 0) is 21.4 Å². The van der Waals surface area contributed by atoms with E-state index in [1.165, 1.54) is 16.1 Å². The fraction of sp³-hybridized carbons (Fsp3) is 0.444. The van der Waals surface area contributed by atoms with Crippen LogP contribution in [0.1, 0.15) is 39.2 Å². The Morgan fingerprint density at radius 3 is 2.54 bits per heavy atom. The lowest BCUT2D eigenvalue weighted by Crippen LogP contribution is -2.40. The van der Waals surface area contributed by atoms with Gasteiger partial charge in [0.1, 0.15) is 0 Å². The molecule has 37 heavy (non-hydrogen) atoms. The van der Waals surface area contributed by atoms with Gasteiger partial charge in [0.05, 0.1) is 17.2 Å². The number of piperidine rings is 1. The molecule has 0 unspecified atom stereocenters. The number of carbonyl (C=O) groups is 1. The van der Waals surface area contributed by atoms with E-state index in [9.17, 15) is 13.2 Å². The van der Waals surface area contributed by atoms with Crippen molar-refractivity contribution in [3.05, 3.63) is 60.2 Å². The van der Waals surface area contributed by atoms with Crippen molar-refractivity contribution in [2.45, 2.75) is 50.2 Å². The van der Waals surface area contributed by atoms with Crippen LogP contribution in [0.5, 0.6) is 0 Å². The molecule has 2 aromatic carbocycles. The summed E-state index contributed by atoms with van der Waals surface area (Å²) in [5.74, 6) is 1.49. The van der Waals surface area contributed by atoms with Crippen LogP contribution < -0.4 is 0 Å². The van der Waals surface area contributed by atoms with Crippen LogP contribution in [0.2, 0.25) is 0 Å². The van der Waals surface area contributed by atoms with E-state index in [0.29, 0.717) is 42.1 Å². The summed E-state index contributed by atoms with van der Waals surface area (Å²) >= 11 is 1.38. The molecule has 4 rings (SSSR count). The Hall–Kier alpha value is -2.69. The first-order valence-electron chi connectivity index (χ1n) is 12.8. The molecule has 0 saturated carbocycles. The number of nitrogens with zero attached hydrogens (tertiary/aromatic N) is 5. The molecule has 0 aliphatic carbocycles. The highest BCUT2D eigenvalue weighted by Gasteiger charge is 2.25. The van der Waals surface area contributed by atoms with Crippen molar-refractivity contribution in [1.29, 1.82) is 0 Å². The highest BCUT2D eigenvalue weighted by Crippen LogP contribution is 2.28. The van der Waals surface area contributed by atoms with Crippen LogP contribution in [0.15, 0.2) is 64.6 Å². The lowest BCUT2D eigenvalue weighted by Gasteiger charge is -2.30. The van der Waals surface area contributed by atoms with Gasteiger partial charge in [-0.15, -0.1) is 10.2 Å². The molecule has 3 aromatic rings. The standard InChI is InChI=1S/C27H35N5O3S2/c1-4-31(5-2)37(34,35)24-15-9-14-23(17-24)26-28-29-27(32(26)19-22-12-7-6-8-13-22)36-20-25(33)30-16-10-11-21(3)18-30/h6-9,12-15,17,21H,4-5,10-11,16,18-20H2,1-3H3/t21-/m1/s1. The number of thioether (sulfide) groups is 1. The van der Waals surface area contributed by atoms with Gasteiger partial charge in [0, 0.05) is 31.7 Å². The summed E-state index contributed by atoms with van der Waals surface area (Å²) in [4.78, 5) is 15.1. The molecule has 1 amide bonds. The van der Waals surface area contributed by atoms with Crippen molar-refractivity contribution in [2.75, 3.05) is 31.9 Å². The molecule has 1 saturated heterocycles. The number of sulfonamides is 1. The minimum Gasteiger partial charge on any atom is -0.342 e. The van der Waals surface area contributed by atoms with Crippen LogP contribution in [-0.4, -0.2) is 70.2 Å². The predicted molar refractivity (Wildman–Crippen MR) is 147 cm³/mol. The molecule has 2 heterocycles. The summed E-state index contributed by atoms with van der Waals surface area (Å²) in [5.41, 5.74) is 1.73. The zero-order valence-electron chi connectivity index (χ0n) is 21.7. The van der Waals surface area contributed by atoms with Crippen molar-refractivity contribution in [3.8, 4) is 11.4 Å². The minimum atomic E-state index is -3.61. The molecule has 0 spiro atoms. The van der Waals surface area contributed by atoms with Gasteiger partial charge >= 0.3 is 0 Å². The summed E-state index contributed by atoms with van der Waals surface area (Å²) in [6, 6.07) is 16.8. The number of likely N-dealkylation sites (tertiary alicyclic amines) is 1. The van der Waals surface area contributed by atoms with E-state index < -0.39 is 10.0 Å². The molecule has 1 fully saturated rings. The summed E-state index contributed by atoms with van der Waals surface area (Å²) in [6.45, 7) is 8.76. The van der Waals surface area contributed by atoms with Crippen LogP contribution >= 0.6 is 11.8 Å².